The summed E-state index contributed by atoms with van der Waals surface area (Å²) >= 11 is 0. The molecule has 1 atom stereocenters. The van der Waals surface area contributed by atoms with E-state index in [1.807, 2.05) is 10.7 Å². The van der Waals surface area contributed by atoms with E-state index in [1.165, 1.54) is 6.42 Å². The molecule has 3 saturated heterocycles. The Morgan fingerprint density at radius 2 is 1.89 bits per heavy atom. The van der Waals surface area contributed by atoms with Gasteiger partial charge in [-0.15, -0.1) is 5.10 Å². The highest BCUT2D eigenvalue weighted by molar-refractivity contribution is 5.85. The number of aldehydes is 1. The maximum Gasteiger partial charge on any atom is 0.316 e. The highest BCUT2D eigenvalue weighted by Gasteiger charge is 2.45. The molecule has 0 N–H and O–H groups in total. The summed E-state index contributed by atoms with van der Waals surface area (Å²) in [6.45, 7) is 3.89. The number of benzene rings is 2. The van der Waals surface area contributed by atoms with Crippen molar-refractivity contribution in [2.24, 2.45) is 5.92 Å². The molecule has 4 fully saturated rings. The van der Waals surface area contributed by atoms with Crippen molar-refractivity contribution in [3.05, 3.63) is 65.2 Å². The first-order chi connectivity index (χ1) is 18.6. The van der Waals surface area contributed by atoms with Gasteiger partial charge in [0.25, 0.3) is 0 Å². The smallest absolute Gasteiger partial charge is 0.316 e. The van der Waals surface area contributed by atoms with Gasteiger partial charge in [0.1, 0.15) is 17.9 Å². The molecule has 4 aliphatic rings. The Balaban J connectivity index is 1.15. The topological polar surface area (TPSA) is 77.3 Å². The number of carbonyl (C=O) groups is 2. The maximum atomic E-state index is 13.8. The van der Waals surface area contributed by atoms with E-state index < -0.39 is 5.41 Å². The summed E-state index contributed by atoms with van der Waals surface area (Å²) in [5, 5.41) is 8.43. The third-order valence-corrected chi connectivity index (χ3v) is 8.88. The fraction of sp³-hybridized carbons (Fsp3) is 0.484. The van der Waals surface area contributed by atoms with E-state index in [0.29, 0.717) is 18.0 Å². The predicted molar refractivity (Wildman–Crippen MR) is 147 cm³/mol. The van der Waals surface area contributed by atoms with Crippen LogP contribution in [-0.4, -0.2) is 57.9 Å². The van der Waals surface area contributed by atoms with Crippen LogP contribution in [0.5, 0.6) is 0 Å². The van der Waals surface area contributed by atoms with Gasteiger partial charge in [-0.1, -0.05) is 60.9 Å². The number of ether oxygens (including phenoxy) is 1. The number of piperidine rings is 3. The average Bonchev–Trinajstić information content (AvgIpc) is 3.38. The van der Waals surface area contributed by atoms with Gasteiger partial charge in [-0.2, -0.15) is 0 Å². The molecule has 1 aliphatic carbocycles. The third-order valence-electron chi connectivity index (χ3n) is 8.88. The summed E-state index contributed by atoms with van der Waals surface area (Å²) in [5.74, 6) is 0.515. The van der Waals surface area contributed by atoms with E-state index in [4.69, 9.17) is 4.74 Å². The van der Waals surface area contributed by atoms with E-state index in [1.54, 1.807) is 12.1 Å². The molecule has 7 heteroatoms. The van der Waals surface area contributed by atoms with Crippen LogP contribution in [0.2, 0.25) is 0 Å². The van der Waals surface area contributed by atoms with Crippen LogP contribution >= 0.6 is 0 Å². The Kier molecular flexibility index (Phi) is 7.11. The SMILES string of the molecule is O=Cc1ccc2c(c1)nnn2CCC=Cc1cccc(C2(C(=O)O[C@H]3CN4CCC3CC4)CCCCC2)c1. The Hall–Kier alpha value is -3.32. The molecule has 7 nitrogen and oxygen atoms in total. The second kappa shape index (κ2) is 10.8. The zero-order valence-corrected chi connectivity index (χ0v) is 21.9. The van der Waals surface area contributed by atoms with Gasteiger partial charge in [0, 0.05) is 18.7 Å². The highest BCUT2D eigenvalue weighted by atomic mass is 16.5. The molecule has 2 bridgehead atoms. The molecule has 2 aromatic carbocycles. The largest absolute Gasteiger partial charge is 0.460 e. The minimum Gasteiger partial charge on any atom is -0.460 e. The van der Waals surface area contributed by atoms with Crippen LogP contribution in [0.25, 0.3) is 17.1 Å². The van der Waals surface area contributed by atoms with Crippen LogP contribution in [0.15, 0.2) is 48.5 Å². The minimum absolute atomic E-state index is 0.00660. The van der Waals surface area contributed by atoms with E-state index in [2.05, 4.69) is 51.6 Å². The molecule has 7 rings (SSSR count). The van der Waals surface area contributed by atoms with Crippen LogP contribution < -0.4 is 0 Å². The molecule has 0 radical (unpaired) electrons. The van der Waals surface area contributed by atoms with Gasteiger partial charge in [-0.3, -0.25) is 14.5 Å². The molecule has 3 aromatic rings. The first-order valence-electron chi connectivity index (χ1n) is 14.1. The molecule has 1 saturated carbocycles. The third kappa shape index (κ3) is 4.92. The molecule has 1 aromatic heterocycles. The molecule has 0 unspecified atom stereocenters. The van der Waals surface area contributed by atoms with Gasteiger partial charge in [0.15, 0.2) is 0 Å². The van der Waals surface area contributed by atoms with Gasteiger partial charge in [0.05, 0.1) is 10.9 Å². The molecular weight excluding hydrogens is 476 g/mol. The van der Waals surface area contributed by atoms with Crippen LogP contribution in [0.1, 0.15) is 72.9 Å². The number of hydrogen-bond acceptors (Lipinski definition) is 6. The quantitative estimate of drug-likeness (QED) is 0.306. The highest BCUT2D eigenvalue weighted by Crippen LogP contribution is 2.42. The van der Waals surface area contributed by atoms with E-state index in [0.717, 1.165) is 93.0 Å². The number of fused-ring (bicyclic) bond motifs is 4. The number of nitrogens with zero attached hydrogens (tertiary/aromatic N) is 4. The standard InChI is InChI=1S/C31H36N4O3/c36-22-24-10-11-28-27(20-24)32-33-35(28)16-5-2-7-23-8-6-9-26(19-23)31(14-3-1-4-15-31)30(37)38-29-21-34-17-12-25(29)13-18-34/h2,6-11,19-20,22,25,29H,1,3-5,12-18,21H2/t29-/m0/s1. The van der Waals surface area contributed by atoms with Crippen molar-refractivity contribution in [3.63, 3.8) is 0 Å². The summed E-state index contributed by atoms with van der Waals surface area (Å²) in [5.41, 5.74) is 3.92. The fourth-order valence-electron chi connectivity index (χ4n) is 6.64. The van der Waals surface area contributed by atoms with Crippen LogP contribution in [-0.2, 0) is 21.5 Å². The number of esters is 1. The average molecular weight is 513 g/mol. The van der Waals surface area contributed by atoms with Gasteiger partial charge >= 0.3 is 5.97 Å². The number of aromatic nitrogens is 3. The molecule has 38 heavy (non-hydrogen) atoms. The number of carbonyl (C=O) groups excluding carboxylic acids is 2. The molecule has 0 amide bonds. The zero-order chi connectivity index (χ0) is 26.0. The molecule has 4 heterocycles. The lowest BCUT2D eigenvalue weighted by atomic mass is 9.69. The van der Waals surface area contributed by atoms with Crippen molar-refractivity contribution in [2.75, 3.05) is 19.6 Å². The van der Waals surface area contributed by atoms with Crippen molar-refractivity contribution in [1.29, 1.82) is 0 Å². The van der Waals surface area contributed by atoms with Crippen molar-refractivity contribution in [2.45, 2.75) is 69.4 Å². The first-order valence-corrected chi connectivity index (χ1v) is 14.1. The fourth-order valence-corrected chi connectivity index (χ4v) is 6.64. The number of aryl methyl sites for hydroxylation is 1. The number of allylic oxidation sites excluding steroid dienone is 1. The van der Waals surface area contributed by atoms with Crippen molar-refractivity contribution >= 4 is 29.4 Å². The van der Waals surface area contributed by atoms with Gasteiger partial charge in [0.2, 0.25) is 0 Å². The lowest BCUT2D eigenvalue weighted by molar-refractivity contribution is -0.167. The second-order valence-electron chi connectivity index (χ2n) is 11.2. The molecule has 198 valence electrons. The normalized spacial score (nSPS) is 24.6. The zero-order valence-electron chi connectivity index (χ0n) is 21.9. The predicted octanol–water partition coefficient (Wildman–Crippen LogP) is 5.19. The Bertz CT molecular complexity index is 1330. The lowest BCUT2D eigenvalue weighted by Crippen LogP contribution is -2.53. The Morgan fingerprint density at radius 3 is 2.66 bits per heavy atom. The van der Waals surface area contributed by atoms with Crippen molar-refractivity contribution < 1.29 is 14.3 Å². The summed E-state index contributed by atoms with van der Waals surface area (Å²) in [7, 11) is 0. The maximum absolute atomic E-state index is 13.8. The molecule has 3 aliphatic heterocycles. The van der Waals surface area contributed by atoms with E-state index in [-0.39, 0.29) is 12.1 Å². The summed E-state index contributed by atoms with van der Waals surface area (Å²) < 4.78 is 8.19. The summed E-state index contributed by atoms with van der Waals surface area (Å²) in [6.07, 6.45) is 13.3. The van der Waals surface area contributed by atoms with E-state index in [9.17, 15) is 9.59 Å². The van der Waals surface area contributed by atoms with Crippen molar-refractivity contribution in [1.82, 2.24) is 19.9 Å². The minimum atomic E-state index is -0.534. The van der Waals surface area contributed by atoms with Gasteiger partial charge in [-0.25, -0.2) is 4.68 Å². The Labute approximate surface area is 223 Å². The number of rotatable bonds is 8. The molecular formula is C31H36N4O3. The van der Waals surface area contributed by atoms with Gasteiger partial charge < -0.3 is 4.74 Å². The van der Waals surface area contributed by atoms with Gasteiger partial charge in [-0.05, 0) is 80.4 Å². The lowest BCUT2D eigenvalue weighted by Gasteiger charge is -2.45. The number of hydrogen-bond donors (Lipinski definition) is 0. The monoisotopic (exact) mass is 512 g/mol. The Morgan fingerprint density at radius 1 is 1.05 bits per heavy atom. The van der Waals surface area contributed by atoms with Crippen LogP contribution in [0.3, 0.4) is 0 Å². The van der Waals surface area contributed by atoms with E-state index >= 15 is 0 Å². The molecule has 0 spiro atoms. The second-order valence-corrected chi connectivity index (χ2v) is 11.2. The first kappa shape index (κ1) is 25.0. The summed E-state index contributed by atoms with van der Waals surface area (Å²) in [4.78, 5) is 27.3. The summed E-state index contributed by atoms with van der Waals surface area (Å²) in [6, 6.07) is 13.9. The van der Waals surface area contributed by atoms with Crippen LogP contribution in [0.4, 0.5) is 0 Å². The van der Waals surface area contributed by atoms with Crippen molar-refractivity contribution in [3.8, 4) is 0 Å². The van der Waals surface area contributed by atoms with Crippen LogP contribution in [0, 0.1) is 5.92 Å².